The van der Waals surface area contributed by atoms with E-state index < -0.39 is 10.0 Å². The van der Waals surface area contributed by atoms with Gasteiger partial charge in [-0.1, -0.05) is 23.2 Å². The maximum absolute atomic E-state index is 13.7. The Morgan fingerprint density at radius 2 is 1.97 bits per heavy atom. The summed E-state index contributed by atoms with van der Waals surface area (Å²) in [7, 11) is -3.59. The summed E-state index contributed by atoms with van der Waals surface area (Å²) in [5.41, 5.74) is 5.00. The van der Waals surface area contributed by atoms with Gasteiger partial charge >= 0.3 is 0 Å². The van der Waals surface area contributed by atoms with Gasteiger partial charge in [-0.2, -0.15) is 9.61 Å². The summed E-state index contributed by atoms with van der Waals surface area (Å²) in [6, 6.07) is 7.86. The number of nitrogens with zero attached hydrogens (tertiary/aromatic N) is 5. The van der Waals surface area contributed by atoms with E-state index in [1.54, 1.807) is 21.5 Å². The molecule has 3 aromatic rings. The van der Waals surface area contributed by atoms with Crippen LogP contribution in [0.3, 0.4) is 0 Å². The molecular formula is C22H25Cl2N7O3S. The van der Waals surface area contributed by atoms with Crippen molar-refractivity contribution in [3.63, 3.8) is 0 Å². The lowest BCUT2D eigenvalue weighted by molar-refractivity contribution is 0.0607. The fourth-order valence-electron chi connectivity index (χ4n) is 4.65. The SMILES string of the molecule is CS(=O)(=O)Nc1ccc(Cl)cc1C(=O)N1CCCCC1c1cc2nc(Cl)cc(N3CCCN3)n2n1. The van der Waals surface area contributed by atoms with Crippen LogP contribution in [0.2, 0.25) is 10.2 Å². The maximum Gasteiger partial charge on any atom is 0.256 e. The molecule has 2 aliphatic heterocycles. The zero-order valence-corrected chi connectivity index (χ0v) is 21.4. The number of hydrazine groups is 1. The topological polar surface area (TPSA) is 112 Å². The van der Waals surface area contributed by atoms with Crippen molar-refractivity contribution in [1.82, 2.24) is 24.9 Å². The number of halogens is 2. The van der Waals surface area contributed by atoms with Crippen LogP contribution in [-0.2, 0) is 10.0 Å². The first-order valence-electron chi connectivity index (χ1n) is 11.4. The van der Waals surface area contributed by atoms with Crippen LogP contribution in [0.4, 0.5) is 11.5 Å². The van der Waals surface area contributed by atoms with Gasteiger partial charge in [0.1, 0.15) is 11.0 Å². The molecule has 2 aromatic heterocycles. The normalized spacial score (nSPS) is 18.9. The fourth-order valence-corrected chi connectivity index (χ4v) is 5.58. The summed E-state index contributed by atoms with van der Waals surface area (Å²) in [6.45, 7) is 2.20. The lowest BCUT2D eigenvalue weighted by Gasteiger charge is -2.35. The predicted octanol–water partition coefficient (Wildman–Crippen LogP) is 3.49. The summed E-state index contributed by atoms with van der Waals surface area (Å²) >= 11 is 12.5. The predicted molar refractivity (Wildman–Crippen MR) is 136 cm³/mol. The Kier molecular flexibility index (Phi) is 6.51. The molecule has 5 rings (SSSR count). The average Bonchev–Trinajstić information content (AvgIpc) is 3.48. The third-order valence-corrected chi connectivity index (χ3v) is 7.17. The van der Waals surface area contributed by atoms with E-state index in [0.29, 0.717) is 28.1 Å². The minimum Gasteiger partial charge on any atom is -0.330 e. The van der Waals surface area contributed by atoms with Gasteiger partial charge in [-0.15, -0.1) is 0 Å². The van der Waals surface area contributed by atoms with Gasteiger partial charge in [-0.25, -0.2) is 18.8 Å². The molecule has 1 unspecified atom stereocenters. The summed E-state index contributed by atoms with van der Waals surface area (Å²) in [5, 5.41) is 7.53. The molecule has 2 fully saturated rings. The lowest BCUT2D eigenvalue weighted by Crippen LogP contribution is -2.39. The molecule has 0 bridgehead atoms. The first-order valence-corrected chi connectivity index (χ1v) is 14.0. The van der Waals surface area contributed by atoms with Crippen LogP contribution in [0.25, 0.3) is 5.65 Å². The zero-order chi connectivity index (χ0) is 24.7. The molecule has 1 atom stereocenters. The van der Waals surface area contributed by atoms with Gasteiger partial charge in [0.25, 0.3) is 5.91 Å². The van der Waals surface area contributed by atoms with Gasteiger partial charge in [-0.05, 0) is 43.9 Å². The Hall–Kier alpha value is -2.60. The van der Waals surface area contributed by atoms with E-state index in [2.05, 4.69) is 15.1 Å². The molecule has 13 heteroatoms. The number of rotatable bonds is 5. The first-order chi connectivity index (χ1) is 16.7. The van der Waals surface area contributed by atoms with Crippen molar-refractivity contribution < 1.29 is 13.2 Å². The van der Waals surface area contributed by atoms with Crippen molar-refractivity contribution in [2.75, 3.05) is 35.6 Å². The number of hydrogen-bond donors (Lipinski definition) is 2. The van der Waals surface area contributed by atoms with Crippen LogP contribution in [0, 0.1) is 0 Å². The number of carbonyl (C=O) groups is 1. The third kappa shape index (κ3) is 5.04. The summed E-state index contributed by atoms with van der Waals surface area (Å²) < 4.78 is 27.9. The van der Waals surface area contributed by atoms with E-state index in [1.807, 2.05) is 11.1 Å². The molecule has 0 saturated carbocycles. The molecule has 0 radical (unpaired) electrons. The standard InChI is InChI=1S/C22H25Cl2N7O3S/c1-35(33,34)28-16-7-6-14(23)11-15(16)22(32)29-9-3-2-5-18(29)17-12-20-26-19(24)13-21(31(20)27-17)30-10-4-8-25-30/h6-7,11-13,18,25,28H,2-5,8-10H2,1H3. The van der Waals surface area contributed by atoms with Crippen molar-refractivity contribution in [3.05, 3.63) is 51.8 Å². The van der Waals surface area contributed by atoms with Gasteiger partial charge in [0.2, 0.25) is 10.0 Å². The number of fused-ring (bicyclic) bond motifs is 1. The van der Waals surface area contributed by atoms with Crippen LogP contribution < -0.4 is 15.2 Å². The number of anilines is 2. The Balaban J connectivity index is 1.53. The molecule has 2 saturated heterocycles. The van der Waals surface area contributed by atoms with E-state index >= 15 is 0 Å². The Morgan fingerprint density at radius 1 is 1.14 bits per heavy atom. The fraction of sp³-hybridized carbons (Fsp3) is 0.409. The second kappa shape index (κ2) is 9.45. The summed E-state index contributed by atoms with van der Waals surface area (Å²) in [4.78, 5) is 19.9. The molecule has 186 valence electrons. The molecule has 0 spiro atoms. The Bertz CT molecular complexity index is 1390. The Labute approximate surface area is 213 Å². The number of carbonyl (C=O) groups excluding carboxylic acids is 1. The summed E-state index contributed by atoms with van der Waals surface area (Å²) in [6.07, 6.45) is 4.53. The van der Waals surface area contributed by atoms with Crippen molar-refractivity contribution in [1.29, 1.82) is 0 Å². The van der Waals surface area contributed by atoms with E-state index in [4.69, 9.17) is 28.3 Å². The van der Waals surface area contributed by atoms with Crippen molar-refractivity contribution in [2.45, 2.75) is 31.7 Å². The number of likely N-dealkylation sites (tertiary alicyclic amines) is 1. The Morgan fingerprint density at radius 3 is 2.71 bits per heavy atom. The van der Waals surface area contributed by atoms with Crippen LogP contribution in [0.5, 0.6) is 0 Å². The van der Waals surface area contributed by atoms with Crippen LogP contribution in [0.1, 0.15) is 47.8 Å². The van der Waals surface area contributed by atoms with Crippen LogP contribution >= 0.6 is 23.2 Å². The molecule has 2 N–H and O–H groups in total. The molecule has 0 aliphatic carbocycles. The molecule has 1 aromatic carbocycles. The minimum absolute atomic E-state index is 0.192. The highest BCUT2D eigenvalue weighted by Crippen LogP contribution is 2.35. The maximum atomic E-state index is 13.7. The smallest absolute Gasteiger partial charge is 0.256 e. The van der Waals surface area contributed by atoms with Gasteiger partial charge in [0.05, 0.1) is 29.2 Å². The van der Waals surface area contributed by atoms with Crippen molar-refractivity contribution in [3.8, 4) is 0 Å². The van der Waals surface area contributed by atoms with Crippen molar-refractivity contribution in [2.24, 2.45) is 0 Å². The number of piperidine rings is 1. The highest BCUT2D eigenvalue weighted by molar-refractivity contribution is 7.92. The number of nitrogens with one attached hydrogen (secondary N) is 2. The van der Waals surface area contributed by atoms with E-state index in [1.165, 1.54) is 12.1 Å². The second-order valence-electron chi connectivity index (χ2n) is 8.76. The largest absolute Gasteiger partial charge is 0.330 e. The van der Waals surface area contributed by atoms with Crippen LogP contribution in [0.15, 0.2) is 30.3 Å². The van der Waals surface area contributed by atoms with Crippen LogP contribution in [-0.4, -0.2) is 59.7 Å². The summed E-state index contributed by atoms with van der Waals surface area (Å²) in [5.74, 6) is 0.472. The second-order valence-corrected chi connectivity index (χ2v) is 11.3. The molecule has 1 amide bonds. The average molecular weight is 538 g/mol. The number of amides is 1. The number of benzene rings is 1. The van der Waals surface area contributed by atoms with E-state index in [0.717, 1.165) is 50.8 Å². The van der Waals surface area contributed by atoms with Gasteiger partial charge in [0.15, 0.2) is 5.65 Å². The van der Waals surface area contributed by atoms with E-state index in [-0.39, 0.29) is 23.2 Å². The monoisotopic (exact) mass is 537 g/mol. The van der Waals surface area contributed by atoms with Gasteiger partial charge < -0.3 is 4.90 Å². The molecule has 2 aliphatic rings. The molecular weight excluding hydrogens is 513 g/mol. The first kappa shape index (κ1) is 24.1. The minimum atomic E-state index is -3.59. The van der Waals surface area contributed by atoms with Gasteiger partial charge in [0, 0.05) is 36.8 Å². The van der Waals surface area contributed by atoms with E-state index in [9.17, 15) is 13.2 Å². The lowest BCUT2D eigenvalue weighted by atomic mass is 9.98. The zero-order valence-electron chi connectivity index (χ0n) is 19.0. The number of sulfonamides is 1. The number of aromatic nitrogens is 3. The quantitative estimate of drug-likeness (QED) is 0.479. The van der Waals surface area contributed by atoms with Gasteiger partial charge in [-0.3, -0.25) is 14.5 Å². The highest BCUT2D eigenvalue weighted by atomic mass is 35.5. The van der Waals surface area contributed by atoms with Crippen molar-refractivity contribution >= 4 is 56.3 Å². The number of hydrogen-bond acceptors (Lipinski definition) is 7. The third-order valence-electron chi connectivity index (χ3n) is 6.15. The molecule has 35 heavy (non-hydrogen) atoms. The molecule has 4 heterocycles. The molecule has 10 nitrogen and oxygen atoms in total. The highest BCUT2D eigenvalue weighted by Gasteiger charge is 2.32.